The Balaban J connectivity index is 1.02. The highest BCUT2D eigenvalue weighted by atomic mass is 19.4. The van der Waals surface area contributed by atoms with Crippen molar-refractivity contribution in [2.45, 2.75) is 56.1 Å². The van der Waals surface area contributed by atoms with Crippen molar-refractivity contribution in [2.24, 2.45) is 0 Å². The minimum Gasteiger partial charge on any atom is -0.486 e. The maximum atomic E-state index is 12.8. The molecule has 0 aromatic heterocycles. The molecule has 0 atom stereocenters. The van der Waals surface area contributed by atoms with Crippen LogP contribution in [0.25, 0.3) is 0 Å². The maximum Gasteiger partial charge on any atom is 0.416 e. The van der Waals surface area contributed by atoms with Crippen LogP contribution in [-0.2, 0) is 18.3 Å². The number of nitrogens with one attached hydrogen (secondary N) is 1. The summed E-state index contributed by atoms with van der Waals surface area (Å²) in [4.78, 5) is 14.8. The van der Waals surface area contributed by atoms with E-state index >= 15 is 0 Å². The van der Waals surface area contributed by atoms with Gasteiger partial charge in [-0.05, 0) is 55.0 Å². The van der Waals surface area contributed by atoms with Crippen LogP contribution < -0.4 is 14.8 Å². The summed E-state index contributed by atoms with van der Waals surface area (Å²) in [6.45, 7) is 3.41. The monoisotopic (exact) mass is 520 g/mol. The molecular formula is C27H33F3N3O4+. The SMILES string of the molecule is O=[N+](CCNCc1cccc(C(F)(F)F)c1)C1CN(C2CCC(O)(c3ccc4c(c3)OCCO4)CC2)C1. The number of ether oxygens (including phenoxy) is 2. The maximum absolute atomic E-state index is 12.8. The molecule has 1 saturated heterocycles. The van der Waals surface area contributed by atoms with Gasteiger partial charge in [0.15, 0.2) is 11.5 Å². The molecule has 7 nitrogen and oxygen atoms in total. The first-order chi connectivity index (χ1) is 17.7. The lowest BCUT2D eigenvalue weighted by Gasteiger charge is -2.45. The molecule has 2 aromatic carbocycles. The topological polar surface area (TPSA) is 74.0 Å². The highest BCUT2D eigenvalue weighted by molar-refractivity contribution is 5.45. The van der Waals surface area contributed by atoms with E-state index < -0.39 is 17.3 Å². The van der Waals surface area contributed by atoms with Crippen LogP contribution in [0.1, 0.15) is 42.4 Å². The Bertz CT molecular complexity index is 1110. The van der Waals surface area contributed by atoms with Gasteiger partial charge in [0, 0.05) is 22.3 Å². The summed E-state index contributed by atoms with van der Waals surface area (Å²) in [5.74, 6) is 1.40. The number of aliphatic hydroxyl groups is 1. The molecule has 1 aliphatic carbocycles. The summed E-state index contributed by atoms with van der Waals surface area (Å²) >= 11 is 0. The van der Waals surface area contributed by atoms with Crippen LogP contribution in [0.15, 0.2) is 42.5 Å². The van der Waals surface area contributed by atoms with Gasteiger partial charge in [-0.15, -0.1) is 0 Å². The Kier molecular flexibility index (Phi) is 7.42. The van der Waals surface area contributed by atoms with Gasteiger partial charge in [-0.25, -0.2) is 0 Å². The minimum absolute atomic E-state index is 0.0750. The Morgan fingerprint density at radius 2 is 1.78 bits per heavy atom. The van der Waals surface area contributed by atoms with Gasteiger partial charge in [0.2, 0.25) is 12.6 Å². The van der Waals surface area contributed by atoms with Crippen LogP contribution in [0.5, 0.6) is 11.5 Å². The van der Waals surface area contributed by atoms with E-state index in [1.165, 1.54) is 6.07 Å². The molecule has 2 heterocycles. The fourth-order valence-corrected chi connectivity index (χ4v) is 5.50. The van der Waals surface area contributed by atoms with Gasteiger partial charge in [-0.2, -0.15) is 13.2 Å². The van der Waals surface area contributed by atoms with Crippen molar-refractivity contribution in [3.05, 3.63) is 64.1 Å². The largest absolute Gasteiger partial charge is 0.486 e. The van der Waals surface area contributed by atoms with E-state index in [2.05, 4.69) is 10.2 Å². The van der Waals surface area contributed by atoms with Crippen LogP contribution in [-0.4, -0.2) is 66.2 Å². The first kappa shape index (κ1) is 25.9. The van der Waals surface area contributed by atoms with Crippen molar-refractivity contribution in [1.29, 1.82) is 0 Å². The molecule has 0 radical (unpaired) electrons. The molecule has 3 aliphatic rings. The standard InChI is InChI=1S/C27H33F3N3O4/c28-27(29,30)21-3-1-2-19(14-21)16-31-10-11-33(35)23-17-32(18-23)22-6-8-26(34,9-7-22)20-4-5-24-25(15-20)37-13-12-36-24/h1-5,14-15,22-23,31,34H,6-13,16-18H2/q+1. The molecule has 5 rings (SSSR count). The number of nitrogens with zero attached hydrogens (tertiary/aromatic N) is 2. The number of halogens is 3. The number of hydrogen-bond acceptors (Lipinski definition) is 6. The molecule has 2 aromatic rings. The van der Waals surface area contributed by atoms with Crippen LogP contribution in [0.3, 0.4) is 0 Å². The van der Waals surface area contributed by atoms with Crippen molar-refractivity contribution in [1.82, 2.24) is 10.2 Å². The van der Waals surface area contributed by atoms with Gasteiger partial charge in [0.05, 0.1) is 30.8 Å². The number of hydrogen-bond donors (Lipinski definition) is 2. The Hall–Kier alpha value is -2.69. The summed E-state index contributed by atoms with van der Waals surface area (Å²) in [5, 5.41) is 14.4. The van der Waals surface area contributed by atoms with Gasteiger partial charge in [0.25, 0.3) is 0 Å². The zero-order chi connectivity index (χ0) is 26.0. The number of benzene rings is 2. The third-order valence-corrected chi connectivity index (χ3v) is 7.77. The molecule has 2 fully saturated rings. The second-order valence-corrected chi connectivity index (χ2v) is 10.2. The van der Waals surface area contributed by atoms with Gasteiger partial charge in [-0.1, -0.05) is 24.3 Å². The smallest absolute Gasteiger partial charge is 0.416 e. The second-order valence-electron chi connectivity index (χ2n) is 10.2. The lowest BCUT2D eigenvalue weighted by atomic mass is 9.76. The molecule has 37 heavy (non-hydrogen) atoms. The van der Waals surface area contributed by atoms with Crippen molar-refractivity contribution < 1.29 is 32.5 Å². The van der Waals surface area contributed by atoms with E-state index in [9.17, 15) is 23.2 Å². The normalized spacial score (nSPS) is 24.5. The van der Waals surface area contributed by atoms with E-state index in [0.29, 0.717) is 68.8 Å². The van der Waals surface area contributed by atoms with Crippen molar-refractivity contribution in [3.63, 3.8) is 0 Å². The van der Waals surface area contributed by atoms with Crippen molar-refractivity contribution in [3.8, 4) is 11.5 Å². The van der Waals surface area contributed by atoms with E-state index in [4.69, 9.17) is 9.47 Å². The average molecular weight is 521 g/mol. The Labute approximate surface area is 214 Å². The molecule has 2 aliphatic heterocycles. The number of likely N-dealkylation sites (tertiary alicyclic amines) is 1. The molecular weight excluding hydrogens is 487 g/mol. The fraction of sp³-hybridized carbons (Fsp3) is 0.556. The summed E-state index contributed by atoms with van der Waals surface area (Å²) in [5.41, 5.74) is -0.151. The fourth-order valence-electron chi connectivity index (χ4n) is 5.50. The third kappa shape index (κ3) is 5.91. The van der Waals surface area contributed by atoms with Crippen LogP contribution in [0, 0.1) is 4.91 Å². The molecule has 1 saturated carbocycles. The van der Waals surface area contributed by atoms with Crippen LogP contribution >= 0.6 is 0 Å². The van der Waals surface area contributed by atoms with Gasteiger partial charge >= 0.3 is 6.18 Å². The lowest BCUT2D eigenvalue weighted by Crippen LogP contribution is -2.60. The van der Waals surface area contributed by atoms with E-state index in [0.717, 1.165) is 35.3 Å². The van der Waals surface area contributed by atoms with Crippen molar-refractivity contribution in [2.75, 3.05) is 39.4 Å². The Morgan fingerprint density at radius 1 is 1.05 bits per heavy atom. The second kappa shape index (κ2) is 10.6. The van der Waals surface area contributed by atoms with Gasteiger partial charge < -0.3 is 19.9 Å². The summed E-state index contributed by atoms with van der Waals surface area (Å²) in [6, 6.07) is 11.2. The highest BCUT2D eigenvalue weighted by Crippen LogP contribution is 2.42. The van der Waals surface area contributed by atoms with E-state index in [1.807, 2.05) is 18.2 Å². The minimum atomic E-state index is -4.36. The van der Waals surface area contributed by atoms with Crippen LogP contribution in [0.2, 0.25) is 0 Å². The molecule has 0 bridgehead atoms. The molecule has 0 unspecified atom stereocenters. The van der Waals surface area contributed by atoms with Gasteiger partial charge in [0.1, 0.15) is 13.2 Å². The molecule has 2 N–H and O–H groups in total. The Morgan fingerprint density at radius 3 is 2.51 bits per heavy atom. The number of alkyl halides is 3. The van der Waals surface area contributed by atoms with Crippen LogP contribution in [0.4, 0.5) is 13.2 Å². The summed E-state index contributed by atoms with van der Waals surface area (Å²) in [6.07, 6.45) is -1.34. The van der Waals surface area contributed by atoms with E-state index in [1.54, 1.807) is 6.07 Å². The molecule has 10 heteroatoms. The lowest BCUT2D eigenvalue weighted by molar-refractivity contribution is -0.599. The number of fused-ring (bicyclic) bond motifs is 1. The zero-order valence-electron chi connectivity index (χ0n) is 20.7. The first-order valence-corrected chi connectivity index (χ1v) is 12.9. The number of nitroso groups, excluding NO2 is 1. The zero-order valence-corrected chi connectivity index (χ0v) is 20.7. The third-order valence-electron chi connectivity index (χ3n) is 7.77. The quantitative estimate of drug-likeness (QED) is 0.407. The van der Waals surface area contributed by atoms with Crippen molar-refractivity contribution >= 4 is 0 Å². The predicted molar refractivity (Wildman–Crippen MR) is 131 cm³/mol. The molecule has 0 amide bonds. The highest BCUT2D eigenvalue weighted by Gasteiger charge is 2.45. The van der Waals surface area contributed by atoms with E-state index in [-0.39, 0.29) is 19.1 Å². The molecule has 200 valence electrons. The predicted octanol–water partition coefficient (Wildman–Crippen LogP) is 3.86. The number of rotatable bonds is 8. The summed E-state index contributed by atoms with van der Waals surface area (Å²) < 4.78 is 50.8. The average Bonchev–Trinajstić information content (AvgIpc) is 2.86. The van der Waals surface area contributed by atoms with Gasteiger partial charge in [-0.3, -0.25) is 4.90 Å². The molecule has 0 spiro atoms. The summed E-state index contributed by atoms with van der Waals surface area (Å²) in [7, 11) is 0. The first-order valence-electron chi connectivity index (χ1n) is 12.9.